The SMILES string of the molecule is CCn1c(=O)c(-c2ccc(-c3ncccc3C)cc2Cl)cc2cnc(NC3C[C@@H](C)O[C@@H](C)C3)nc21. The standard InChI is InChI=1S/C28H30ClN5O2/c1-5-34-26-20(15-31-28(33-26)32-21-11-17(3)36-18(4)12-21)13-23(27(34)35)22-9-8-19(14-24(22)29)25-16(2)7-6-10-30-25/h6-10,13-15,17-18,21H,5,11-12H2,1-4H3,(H,31,32,33)/t17-,18+,21?. The molecule has 0 saturated carbocycles. The molecule has 1 aliphatic rings. The summed E-state index contributed by atoms with van der Waals surface area (Å²) in [7, 11) is 0. The Morgan fingerprint density at radius 3 is 2.58 bits per heavy atom. The fourth-order valence-corrected chi connectivity index (χ4v) is 5.37. The van der Waals surface area contributed by atoms with Crippen molar-refractivity contribution in [2.75, 3.05) is 5.32 Å². The number of hydrogen-bond donors (Lipinski definition) is 1. The Labute approximate surface area is 215 Å². The molecule has 1 aromatic carbocycles. The Hall–Kier alpha value is -3.29. The maximum Gasteiger partial charge on any atom is 0.260 e. The Morgan fingerprint density at radius 2 is 1.89 bits per heavy atom. The number of aryl methyl sites for hydroxylation is 2. The van der Waals surface area contributed by atoms with E-state index < -0.39 is 0 Å². The number of ether oxygens (including phenoxy) is 1. The highest BCUT2D eigenvalue weighted by atomic mass is 35.5. The van der Waals surface area contributed by atoms with Crippen LogP contribution >= 0.6 is 11.6 Å². The molecule has 4 heterocycles. The number of halogens is 1. The van der Waals surface area contributed by atoms with Gasteiger partial charge in [-0.05, 0) is 64.3 Å². The predicted octanol–water partition coefficient (Wildman–Crippen LogP) is 5.87. The summed E-state index contributed by atoms with van der Waals surface area (Å²) >= 11 is 6.71. The van der Waals surface area contributed by atoms with Crippen LogP contribution in [-0.2, 0) is 11.3 Å². The third-order valence-electron chi connectivity index (χ3n) is 6.72. The number of nitrogens with one attached hydrogen (secondary N) is 1. The molecule has 0 bridgehead atoms. The third kappa shape index (κ3) is 4.73. The van der Waals surface area contributed by atoms with Crippen LogP contribution in [-0.4, -0.2) is 37.8 Å². The van der Waals surface area contributed by atoms with Crippen LogP contribution in [0.3, 0.4) is 0 Å². The smallest absolute Gasteiger partial charge is 0.260 e. The monoisotopic (exact) mass is 503 g/mol. The number of anilines is 1. The summed E-state index contributed by atoms with van der Waals surface area (Å²) in [6.45, 7) is 8.60. The van der Waals surface area contributed by atoms with Crippen LogP contribution in [0.25, 0.3) is 33.4 Å². The zero-order valence-electron chi connectivity index (χ0n) is 21.0. The molecule has 0 spiro atoms. The van der Waals surface area contributed by atoms with Gasteiger partial charge in [-0.2, -0.15) is 4.98 Å². The molecule has 0 amide bonds. The Kier molecular flexibility index (Phi) is 6.77. The normalized spacial score (nSPS) is 20.0. The first-order valence-corrected chi connectivity index (χ1v) is 12.8. The van der Waals surface area contributed by atoms with Gasteiger partial charge in [0.1, 0.15) is 5.65 Å². The van der Waals surface area contributed by atoms with E-state index in [1.54, 1.807) is 17.0 Å². The van der Waals surface area contributed by atoms with Crippen LogP contribution in [0.15, 0.2) is 53.6 Å². The van der Waals surface area contributed by atoms with Crippen molar-refractivity contribution in [3.8, 4) is 22.4 Å². The van der Waals surface area contributed by atoms with Gasteiger partial charge in [0.25, 0.3) is 5.56 Å². The fourth-order valence-electron chi connectivity index (χ4n) is 5.09. The molecule has 1 saturated heterocycles. The minimum Gasteiger partial charge on any atom is -0.375 e. The van der Waals surface area contributed by atoms with E-state index in [-0.39, 0.29) is 23.8 Å². The number of hydrogen-bond acceptors (Lipinski definition) is 6. The molecular formula is C28H30ClN5O2. The van der Waals surface area contributed by atoms with Gasteiger partial charge in [-0.25, -0.2) is 4.98 Å². The lowest BCUT2D eigenvalue weighted by molar-refractivity contribution is -0.0338. The lowest BCUT2D eigenvalue weighted by Crippen LogP contribution is -2.37. The van der Waals surface area contributed by atoms with Crippen LogP contribution in [0.5, 0.6) is 0 Å². The maximum atomic E-state index is 13.6. The predicted molar refractivity (Wildman–Crippen MR) is 145 cm³/mol. The Balaban J connectivity index is 1.52. The largest absolute Gasteiger partial charge is 0.375 e. The van der Waals surface area contributed by atoms with E-state index in [0.717, 1.165) is 35.0 Å². The zero-order valence-corrected chi connectivity index (χ0v) is 21.7. The molecule has 5 rings (SSSR count). The van der Waals surface area contributed by atoms with E-state index in [1.807, 2.05) is 50.2 Å². The minimum absolute atomic E-state index is 0.133. The summed E-state index contributed by atoms with van der Waals surface area (Å²) in [5, 5.41) is 4.72. The summed E-state index contributed by atoms with van der Waals surface area (Å²) in [6, 6.07) is 11.7. The number of nitrogens with zero attached hydrogens (tertiary/aromatic N) is 4. The first-order chi connectivity index (χ1) is 17.3. The van der Waals surface area contributed by atoms with Crippen molar-refractivity contribution in [1.29, 1.82) is 0 Å². The molecular weight excluding hydrogens is 474 g/mol. The van der Waals surface area contributed by atoms with Gasteiger partial charge in [0.05, 0.1) is 17.9 Å². The molecule has 1 N–H and O–H groups in total. The van der Waals surface area contributed by atoms with Gasteiger partial charge in [0.15, 0.2) is 0 Å². The van der Waals surface area contributed by atoms with Crippen LogP contribution in [0, 0.1) is 6.92 Å². The fraction of sp³-hybridized carbons (Fsp3) is 0.357. The topological polar surface area (TPSA) is 81.9 Å². The van der Waals surface area contributed by atoms with E-state index in [9.17, 15) is 4.79 Å². The highest BCUT2D eigenvalue weighted by Crippen LogP contribution is 2.32. The van der Waals surface area contributed by atoms with Crippen molar-refractivity contribution in [2.45, 2.75) is 65.3 Å². The molecule has 0 aliphatic carbocycles. The number of fused-ring (bicyclic) bond motifs is 1. The van der Waals surface area contributed by atoms with E-state index in [1.165, 1.54) is 0 Å². The molecule has 7 nitrogen and oxygen atoms in total. The van der Waals surface area contributed by atoms with Crippen molar-refractivity contribution in [1.82, 2.24) is 19.5 Å². The van der Waals surface area contributed by atoms with Gasteiger partial charge >= 0.3 is 0 Å². The second-order valence-corrected chi connectivity index (χ2v) is 9.92. The molecule has 1 unspecified atom stereocenters. The number of benzene rings is 1. The average molecular weight is 504 g/mol. The molecule has 186 valence electrons. The van der Waals surface area contributed by atoms with Crippen LogP contribution < -0.4 is 10.9 Å². The number of pyridine rings is 2. The Morgan fingerprint density at radius 1 is 1.11 bits per heavy atom. The van der Waals surface area contributed by atoms with Crippen LogP contribution in [0.4, 0.5) is 5.95 Å². The molecule has 0 radical (unpaired) electrons. The lowest BCUT2D eigenvalue weighted by Gasteiger charge is -2.32. The van der Waals surface area contributed by atoms with E-state index in [0.29, 0.717) is 34.3 Å². The van der Waals surface area contributed by atoms with Gasteiger partial charge in [0.2, 0.25) is 5.95 Å². The van der Waals surface area contributed by atoms with Gasteiger partial charge in [0, 0.05) is 52.1 Å². The van der Waals surface area contributed by atoms with E-state index in [2.05, 4.69) is 29.1 Å². The zero-order chi connectivity index (χ0) is 25.4. The van der Waals surface area contributed by atoms with E-state index in [4.69, 9.17) is 21.3 Å². The third-order valence-corrected chi connectivity index (χ3v) is 7.03. The molecule has 8 heteroatoms. The van der Waals surface area contributed by atoms with Crippen molar-refractivity contribution in [2.24, 2.45) is 0 Å². The van der Waals surface area contributed by atoms with Crippen LogP contribution in [0.1, 0.15) is 39.2 Å². The molecule has 3 aromatic heterocycles. The first-order valence-electron chi connectivity index (χ1n) is 12.4. The average Bonchev–Trinajstić information content (AvgIpc) is 2.84. The van der Waals surface area contributed by atoms with Gasteiger partial charge in [-0.3, -0.25) is 14.3 Å². The maximum absolute atomic E-state index is 13.6. The molecule has 1 fully saturated rings. The molecule has 3 atom stereocenters. The summed E-state index contributed by atoms with van der Waals surface area (Å²) < 4.78 is 7.52. The van der Waals surface area contributed by atoms with Crippen molar-refractivity contribution in [3.05, 3.63) is 69.7 Å². The second kappa shape index (κ2) is 9.99. The second-order valence-electron chi connectivity index (χ2n) is 9.51. The lowest BCUT2D eigenvalue weighted by atomic mass is 10.00. The van der Waals surface area contributed by atoms with Crippen LogP contribution in [0.2, 0.25) is 5.02 Å². The van der Waals surface area contributed by atoms with Crippen molar-refractivity contribution >= 4 is 28.6 Å². The van der Waals surface area contributed by atoms with Gasteiger partial charge in [-0.15, -0.1) is 0 Å². The Bertz CT molecular complexity index is 1480. The summed E-state index contributed by atoms with van der Waals surface area (Å²) in [5.74, 6) is 0.524. The van der Waals surface area contributed by atoms with E-state index >= 15 is 0 Å². The number of rotatable bonds is 5. The van der Waals surface area contributed by atoms with Crippen molar-refractivity contribution in [3.63, 3.8) is 0 Å². The van der Waals surface area contributed by atoms with Crippen molar-refractivity contribution < 1.29 is 4.74 Å². The molecule has 36 heavy (non-hydrogen) atoms. The minimum atomic E-state index is -0.133. The van der Waals surface area contributed by atoms with Gasteiger partial charge < -0.3 is 10.1 Å². The quantitative estimate of drug-likeness (QED) is 0.367. The highest BCUT2D eigenvalue weighted by Gasteiger charge is 2.25. The highest BCUT2D eigenvalue weighted by molar-refractivity contribution is 6.33. The summed E-state index contributed by atoms with van der Waals surface area (Å²) in [6.07, 6.45) is 5.67. The molecule has 4 aromatic rings. The summed E-state index contributed by atoms with van der Waals surface area (Å²) in [5.41, 5.74) is 4.52. The van der Waals surface area contributed by atoms with Gasteiger partial charge in [-0.1, -0.05) is 29.8 Å². The number of aromatic nitrogens is 4. The molecule has 1 aliphatic heterocycles. The first kappa shape index (κ1) is 24.4. The summed E-state index contributed by atoms with van der Waals surface area (Å²) in [4.78, 5) is 27.3.